The Kier molecular flexibility index (Phi) is 4.87. The molecule has 0 saturated carbocycles. The Hall–Kier alpha value is -1.47. The molecule has 0 saturated heterocycles. The van der Waals surface area contributed by atoms with Crippen LogP contribution in [0.5, 0.6) is 11.5 Å². The minimum Gasteiger partial charge on any atom is -0.497 e. The summed E-state index contributed by atoms with van der Waals surface area (Å²) in [7, 11) is -0.573. The lowest BCUT2D eigenvalue weighted by Crippen LogP contribution is -2.28. The molecule has 2 rings (SSSR count). The van der Waals surface area contributed by atoms with Crippen molar-refractivity contribution in [1.29, 1.82) is 0 Å². The fourth-order valence-corrected chi connectivity index (χ4v) is 3.63. The van der Waals surface area contributed by atoms with Gasteiger partial charge in [-0.25, -0.2) is 8.42 Å². The van der Waals surface area contributed by atoms with Crippen LogP contribution in [0.1, 0.15) is 18.9 Å². The van der Waals surface area contributed by atoms with Crippen molar-refractivity contribution >= 4 is 26.5 Å². The number of alkyl halides is 1. The molecule has 0 radical (unpaired) electrons. The predicted octanol–water partition coefficient (Wildman–Crippen LogP) is 2.35. The molecule has 1 aromatic carbocycles. The van der Waals surface area contributed by atoms with E-state index in [0.29, 0.717) is 17.1 Å². The Bertz CT molecular complexity index is 666. The minimum atomic E-state index is -3.59. The van der Waals surface area contributed by atoms with Crippen molar-refractivity contribution in [2.24, 2.45) is 5.16 Å². The van der Waals surface area contributed by atoms with Gasteiger partial charge in [-0.1, -0.05) is 5.16 Å². The van der Waals surface area contributed by atoms with Crippen LogP contribution in [0.4, 0.5) is 0 Å². The van der Waals surface area contributed by atoms with Crippen molar-refractivity contribution in [3.8, 4) is 11.5 Å². The number of methoxy groups -OCH3 is 2. The van der Waals surface area contributed by atoms with Gasteiger partial charge in [0.1, 0.15) is 11.5 Å². The summed E-state index contributed by atoms with van der Waals surface area (Å²) in [5.41, 5.74) is -0.214. The normalized spacial score (nSPS) is 21.2. The SMILES string of the molecule is COc1cc(CS(=O)(=O)C2=NOC(C)(CCl)C2)cc(OC)c1. The van der Waals surface area contributed by atoms with Crippen molar-refractivity contribution in [3.63, 3.8) is 0 Å². The van der Waals surface area contributed by atoms with Crippen LogP contribution in [0.3, 0.4) is 0 Å². The van der Waals surface area contributed by atoms with Crippen molar-refractivity contribution < 1.29 is 22.7 Å². The molecule has 1 atom stereocenters. The summed E-state index contributed by atoms with van der Waals surface area (Å²) in [5.74, 6) is 1.02. The number of oxime groups is 1. The van der Waals surface area contributed by atoms with Gasteiger partial charge in [0.15, 0.2) is 20.5 Å². The Morgan fingerprint density at radius 2 is 1.86 bits per heavy atom. The zero-order chi connectivity index (χ0) is 16.4. The fraction of sp³-hybridized carbons (Fsp3) is 0.500. The first kappa shape index (κ1) is 16.9. The molecule has 1 unspecified atom stereocenters. The summed E-state index contributed by atoms with van der Waals surface area (Å²) in [6, 6.07) is 4.98. The van der Waals surface area contributed by atoms with Crippen LogP contribution in [-0.4, -0.2) is 39.2 Å². The van der Waals surface area contributed by atoms with Crippen molar-refractivity contribution in [1.82, 2.24) is 0 Å². The number of benzene rings is 1. The molecule has 0 bridgehead atoms. The molecule has 0 fully saturated rings. The van der Waals surface area contributed by atoms with Crippen LogP contribution in [-0.2, 0) is 20.4 Å². The molecule has 0 aromatic heterocycles. The van der Waals surface area contributed by atoms with Crippen LogP contribution < -0.4 is 9.47 Å². The first-order valence-corrected chi connectivity index (χ1v) is 8.76. The summed E-state index contributed by atoms with van der Waals surface area (Å²) in [6.45, 7) is 1.72. The highest BCUT2D eigenvalue weighted by Crippen LogP contribution is 2.29. The Morgan fingerprint density at radius 3 is 2.32 bits per heavy atom. The molecule has 1 aliphatic heterocycles. The lowest BCUT2D eigenvalue weighted by molar-refractivity contribution is 0.0152. The summed E-state index contributed by atoms with van der Waals surface area (Å²) >= 11 is 5.78. The van der Waals surface area contributed by atoms with Crippen LogP contribution in [0.15, 0.2) is 23.4 Å². The summed E-state index contributed by atoms with van der Waals surface area (Å²) in [5, 5.41) is 3.71. The third-order valence-electron chi connectivity index (χ3n) is 3.30. The van der Waals surface area contributed by atoms with Crippen LogP contribution in [0.25, 0.3) is 0 Å². The average molecular weight is 348 g/mol. The molecule has 122 valence electrons. The van der Waals surface area contributed by atoms with Crippen LogP contribution >= 0.6 is 11.6 Å². The van der Waals surface area contributed by atoms with Crippen LogP contribution in [0.2, 0.25) is 0 Å². The Balaban J connectivity index is 2.23. The smallest absolute Gasteiger partial charge is 0.199 e. The van der Waals surface area contributed by atoms with Gasteiger partial charge in [0.2, 0.25) is 0 Å². The highest BCUT2D eigenvalue weighted by Gasteiger charge is 2.39. The van der Waals surface area contributed by atoms with Gasteiger partial charge in [0, 0.05) is 12.5 Å². The Labute approximate surface area is 134 Å². The number of hydrogen-bond acceptors (Lipinski definition) is 6. The van der Waals surface area contributed by atoms with E-state index in [1.165, 1.54) is 14.2 Å². The van der Waals surface area contributed by atoms with Crippen molar-refractivity contribution in [2.45, 2.75) is 24.7 Å². The lowest BCUT2D eigenvalue weighted by atomic mass is 10.1. The predicted molar refractivity (Wildman–Crippen MR) is 84.4 cm³/mol. The fourth-order valence-electron chi connectivity index (χ4n) is 2.04. The van der Waals surface area contributed by atoms with Gasteiger partial charge >= 0.3 is 0 Å². The number of nitrogens with zero attached hydrogens (tertiary/aromatic N) is 1. The molecule has 0 aliphatic carbocycles. The molecule has 22 heavy (non-hydrogen) atoms. The van der Waals surface area contributed by atoms with E-state index in [1.807, 2.05) is 0 Å². The largest absolute Gasteiger partial charge is 0.497 e. The molecular formula is C14H18ClNO5S. The third-order valence-corrected chi connectivity index (χ3v) is 5.52. The zero-order valence-electron chi connectivity index (χ0n) is 12.6. The number of sulfone groups is 1. The summed E-state index contributed by atoms with van der Waals surface area (Å²) in [4.78, 5) is 5.14. The van der Waals surface area contributed by atoms with Gasteiger partial charge < -0.3 is 14.3 Å². The van der Waals surface area contributed by atoms with Crippen molar-refractivity contribution in [2.75, 3.05) is 20.1 Å². The maximum absolute atomic E-state index is 12.5. The molecule has 6 nitrogen and oxygen atoms in total. The van der Waals surface area contributed by atoms with E-state index >= 15 is 0 Å². The lowest BCUT2D eigenvalue weighted by Gasteiger charge is -2.16. The Morgan fingerprint density at radius 1 is 1.27 bits per heavy atom. The molecule has 1 heterocycles. The molecule has 1 aromatic rings. The van der Waals surface area contributed by atoms with E-state index in [2.05, 4.69) is 5.16 Å². The topological polar surface area (TPSA) is 74.2 Å². The quantitative estimate of drug-likeness (QED) is 0.764. The zero-order valence-corrected chi connectivity index (χ0v) is 14.2. The first-order valence-electron chi connectivity index (χ1n) is 6.57. The van der Waals surface area contributed by atoms with E-state index in [-0.39, 0.29) is 23.1 Å². The maximum atomic E-state index is 12.5. The summed E-state index contributed by atoms with van der Waals surface area (Å²) in [6.07, 6.45) is 0.167. The van der Waals surface area contributed by atoms with E-state index in [4.69, 9.17) is 25.9 Å². The standard InChI is InChI=1S/C14H18ClNO5S/c1-14(9-15)7-13(16-21-14)22(17,18)8-10-4-11(19-2)6-12(5-10)20-3/h4-6H,7-9H2,1-3H3. The molecule has 1 aliphatic rings. The second-order valence-electron chi connectivity index (χ2n) is 5.32. The minimum absolute atomic E-state index is 0.0115. The van der Waals surface area contributed by atoms with Gasteiger partial charge in [-0.05, 0) is 24.6 Å². The summed E-state index contributed by atoms with van der Waals surface area (Å²) < 4.78 is 35.2. The van der Waals surface area contributed by atoms with E-state index < -0.39 is 15.4 Å². The second-order valence-corrected chi connectivity index (χ2v) is 7.57. The van der Waals surface area contributed by atoms with E-state index in [0.717, 1.165) is 0 Å². The number of ether oxygens (including phenoxy) is 2. The molecular weight excluding hydrogens is 330 g/mol. The first-order chi connectivity index (χ1) is 10.3. The maximum Gasteiger partial charge on any atom is 0.199 e. The van der Waals surface area contributed by atoms with E-state index in [9.17, 15) is 8.42 Å². The molecule has 0 spiro atoms. The number of hydrogen-bond donors (Lipinski definition) is 0. The monoisotopic (exact) mass is 347 g/mol. The van der Waals surface area contributed by atoms with Gasteiger partial charge in [0.25, 0.3) is 0 Å². The number of rotatable bonds is 5. The highest BCUT2D eigenvalue weighted by molar-refractivity contribution is 8.05. The van der Waals surface area contributed by atoms with Crippen LogP contribution in [0, 0.1) is 0 Å². The average Bonchev–Trinajstić information content (AvgIpc) is 2.90. The number of halogens is 1. The third kappa shape index (κ3) is 3.64. The van der Waals surface area contributed by atoms with Gasteiger partial charge in [0.05, 0.1) is 25.9 Å². The van der Waals surface area contributed by atoms with Crippen molar-refractivity contribution in [3.05, 3.63) is 23.8 Å². The second kappa shape index (κ2) is 6.34. The van der Waals surface area contributed by atoms with Gasteiger partial charge in [-0.2, -0.15) is 0 Å². The van der Waals surface area contributed by atoms with Gasteiger partial charge in [-0.15, -0.1) is 11.6 Å². The molecule has 8 heteroatoms. The van der Waals surface area contributed by atoms with Gasteiger partial charge in [-0.3, -0.25) is 0 Å². The van der Waals surface area contributed by atoms with E-state index in [1.54, 1.807) is 25.1 Å². The molecule has 0 N–H and O–H groups in total. The highest BCUT2D eigenvalue weighted by atomic mass is 35.5. The molecule has 0 amide bonds.